The summed E-state index contributed by atoms with van der Waals surface area (Å²) in [5, 5.41) is 5.75. The molecule has 1 atom stereocenters. The molecular weight excluding hydrogens is 246 g/mol. The molecule has 6 heteroatoms. The Morgan fingerprint density at radius 3 is 2.63 bits per heavy atom. The standard InChI is InChI=1S/C13H23N3O3/c1-19-13(18)15-12(17)9-16-7-4-10(5-8-16)11-3-2-6-14-11/h10-11,14H,2-9H2,1H3,(H,15,17,18). The number of hydrogen-bond acceptors (Lipinski definition) is 5. The monoisotopic (exact) mass is 269 g/mol. The van der Waals surface area contributed by atoms with Gasteiger partial charge in [0.2, 0.25) is 5.91 Å². The van der Waals surface area contributed by atoms with Crippen molar-refractivity contribution in [1.29, 1.82) is 0 Å². The molecule has 1 unspecified atom stereocenters. The van der Waals surface area contributed by atoms with E-state index in [0.717, 1.165) is 38.4 Å². The minimum Gasteiger partial charge on any atom is -0.453 e. The minimum atomic E-state index is -0.685. The summed E-state index contributed by atoms with van der Waals surface area (Å²) in [6.07, 6.45) is 4.14. The van der Waals surface area contributed by atoms with E-state index in [1.807, 2.05) is 0 Å². The van der Waals surface area contributed by atoms with Gasteiger partial charge < -0.3 is 10.1 Å². The van der Waals surface area contributed by atoms with E-state index >= 15 is 0 Å². The minimum absolute atomic E-state index is 0.278. The molecule has 0 aromatic heterocycles. The molecule has 2 heterocycles. The zero-order valence-corrected chi connectivity index (χ0v) is 11.5. The van der Waals surface area contributed by atoms with Crippen LogP contribution in [0.25, 0.3) is 0 Å². The first-order valence-electron chi connectivity index (χ1n) is 7.02. The second-order valence-electron chi connectivity index (χ2n) is 5.36. The Labute approximate surface area is 113 Å². The highest BCUT2D eigenvalue weighted by molar-refractivity contribution is 5.92. The number of amides is 2. The molecule has 0 radical (unpaired) electrons. The Balaban J connectivity index is 1.68. The summed E-state index contributed by atoms with van der Waals surface area (Å²) in [6, 6.07) is 0.672. The molecule has 0 bridgehead atoms. The van der Waals surface area contributed by atoms with Crippen molar-refractivity contribution in [3.63, 3.8) is 0 Å². The summed E-state index contributed by atoms with van der Waals surface area (Å²) in [7, 11) is 1.25. The predicted octanol–water partition coefficient (Wildman–Crippen LogP) is 0.333. The van der Waals surface area contributed by atoms with E-state index in [9.17, 15) is 9.59 Å². The van der Waals surface area contributed by atoms with Crippen LogP contribution in [0.3, 0.4) is 0 Å². The average Bonchev–Trinajstić information content (AvgIpc) is 2.93. The van der Waals surface area contributed by atoms with Crippen molar-refractivity contribution < 1.29 is 14.3 Å². The van der Waals surface area contributed by atoms with Gasteiger partial charge in [-0.3, -0.25) is 15.0 Å². The van der Waals surface area contributed by atoms with Crippen LogP contribution in [0, 0.1) is 5.92 Å². The van der Waals surface area contributed by atoms with Gasteiger partial charge >= 0.3 is 6.09 Å². The Bertz CT molecular complexity index is 321. The van der Waals surface area contributed by atoms with Gasteiger partial charge in [-0.2, -0.15) is 0 Å². The van der Waals surface area contributed by atoms with Gasteiger partial charge in [0.15, 0.2) is 0 Å². The highest BCUT2D eigenvalue weighted by Gasteiger charge is 2.28. The number of ether oxygens (including phenoxy) is 1. The van der Waals surface area contributed by atoms with Crippen molar-refractivity contribution >= 4 is 12.0 Å². The fraction of sp³-hybridized carbons (Fsp3) is 0.846. The molecule has 0 aliphatic carbocycles. The summed E-state index contributed by atoms with van der Waals surface area (Å²) in [5.74, 6) is 0.451. The van der Waals surface area contributed by atoms with Crippen LogP contribution in [0.15, 0.2) is 0 Å². The van der Waals surface area contributed by atoms with E-state index in [1.165, 1.54) is 20.0 Å². The molecule has 2 aliphatic heterocycles. The van der Waals surface area contributed by atoms with Gasteiger partial charge in [-0.1, -0.05) is 0 Å². The maximum Gasteiger partial charge on any atom is 0.413 e. The molecule has 0 saturated carbocycles. The number of carbonyl (C=O) groups is 2. The van der Waals surface area contributed by atoms with Crippen molar-refractivity contribution in [2.75, 3.05) is 33.3 Å². The molecule has 2 N–H and O–H groups in total. The molecular formula is C13H23N3O3. The van der Waals surface area contributed by atoms with Crippen LogP contribution in [0.2, 0.25) is 0 Å². The molecule has 108 valence electrons. The van der Waals surface area contributed by atoms with Gasteiger partial charge in [0, 0.05) is 6.04 Å². The Morgan fingerprint density at radius 1 is 1.32 bits per heavy atom. The number of alkyl carbamates (subject to hydrolysis) is 1. The molecule has 2 aliphatic rings. The number of carbonyl (C=O) groups excluding carboxylic acids is 2. The number of nitrogens with one attached hydrogen (secondary N) is 2. The van der Waals surface area contributed by atoms with Crippen LogP contribution in [-0.4, -0.2) is 56.2 Å². The molecule has 2 amide bonds. The van der Waals surface area contributed by atoms with E-state index in [2.05, 4.69) is 20.3 Å². The zero-order valence-electron chi connectivity index (χ0n) is 11.5. The van der Waals surface area contributed by atoms with Crippen molar-refractivity contribution in [2.45, 2.75) is 31.7 Å². The third kappa shape index (κ3) is 4.18. The Kier molecular flexibility index (Phi) is 5.15. The second-order valence-corrected chi connectivity index (χ2v) is 5.36. The summed E-state index contributed by atoms with van der Waals surface area (Å²) < 4.78 is 4.40. The summed E-state index contributed by atoms with van der Waals surface area (Å²) in [4.78, 5) is 24.6. The average molecular weight is 269 g/mol. The molecule has 2 rings (SSSR count). The Morgan fingerprint density at radius 2 is 2.05 bits per heavy atom. The summed E-state index contributed by atoms with van der Waals surface area (Å²) >= 11 is 0. The topological polar surface area (TPSA) is 70.7 Å². The normalized spacial score (nSPS) is 25.2. The molecule has 2 fully saturated rings. The Hall–Kier alpha value is -1.14. The first-order chi connectivity index (χ1) is 9.19. The molecule has 0 spiro atoms. The lowest BCUT2D eigenvalue weighted by Gasteiger charge is -2.34. The van der Waals surface area contributed by atoms with Gasteiger partial charge in [-0.15, -0.1) is 0 Å². The maximum atomic E-state index is 11.6. The second kappa shape index (κ2) is 6.86. The first-order valence-corrected chi connectivity index (χ1v) is 7.02. The van der Waals surface area contributed by atoms with E-state index in [1.54, 1.807) is 0 Å². The largest absolute Gasteiger partial charge is 0.453 e. The fourth-order valence-electron chi connectivity index (χ4n) is 3.03. The van der Waals surface area contributed by atoms with Crippen LogP contribution in [0.5, 0.6) is 0 Å². The van der Waals surface area contributed by atoms with Gasteiger partial charge in [0.1, 0.15) is 0 Å². The lowest BCUT2D eigenvalue weighted by molar-refractivity contribution is -0.121. The predicted molar refractivity (Wildman–Crippen MR) is 70.7 cm³/mol. The van der Waals surface area contributed by atoms with Crippen molar-refractivity contribution in [3.8, 4) is 0 Å². The number of hydrogen-bond donors (Lipinski definition) is 2. The highest BCUT2D eigenvalue weighted by atomic mass is 16.5. The van der Waals surface area contributed by atoms with E-state index in [-0.39, 0.29) is 12.5 Å². The first kappa shape index (κ1) is 14.3. The van der Waals surface area contributed by atoms with E-state index in [0.29, 0.717) is 6.04 Å². The van der Waals surface area contributed by atoms with Gasteiger partial charge in [0.05, 0.1) is 13.7 Å². The number of imide groups is 1. The number of methoxy groups -OCH3 is 1. The number of piperidine rings is 1. The highest BCUT2D eigenvalue weighted by Crippen LogP contribution is 2.25. The van der Waals surface area contributed by atoms with Crippen LogP contribution in [0.4, 0.5) is 4.79 Å². The lowest BCUT2D eigenvalue weighted by Crippen LogP contribution is -2.45. The van der Waals surface area contributed by atoms with Crippen molar-refractivity contribution in [2.24, 2.45) is 5.92 Å². The van der Waals surface area contributed by atoms with Crippen LogP contribution >= 0.6 is 0 Å². The lowest BCUT2D eigenvalue weighted by atomic mass is 9.88. The van der Waals surface area contributed by atoms with E-state index in [4.69, 9.17) is 0 Å². The molecule has 19 heavy (non-hydrogen) atoms. The van der Waals surface area contributed by atoms with Crippen LogP contribution < -0.4 is 10.6 Å². The summed E-state index contributed by atoms with van der Waals surface area (Å²) in [6.45, 7) is 3.28. The van der Waals surface area contributed by atoms with Crippen LogP contribution in [0.1, 0.15) is 25.7 Å². The molecule has 6 nitrogen and oxygen atoms in total. The number of nitrogens with zero attached hydrogens (tertiary/aromatic N) is 1. The molecule has 2 saturated heterocycles. The number of rotatable bonds is 3. The molecule has 0 aromatic rings. The SMILES string of the molecule is COC(=O)NC(=O)CN1CCC(C2CCCN2)CC1. The maximum absolute atomic E-state index is 11.6. The third-order valence-corrected chi connectivity index (χ3v) is 4.09. The molecule has 0 aromatic carbocycles. The smallest absolute Gasteiger partial charge is 0.413 e. The van der Waals surface area contributed by atoms with Gasteiger partial charge in [-0.05, 0) is 51.2 Å². The number of likely N-dealkylation sites (tertiary alicyclic amines) is 1. The third-order valence-electron chi connectivity index (χ3n) is 4.09. The van der Waals surface area contributed by atoms with Gasteiger partial charge in [-0.25, -0.2) is 4.79 Å². The van der Waals surface area contributed by atoms with Crippen molar-refractivity contribution in [1.82, 2.24) is 15.5 Å². The van der Waals surface area contributed by atoms with Gasteiger partial charge in [0.25, 0.3) is 0 Å². The fourth-order valence-corrected chi connectivity index (χ4v) is 3.03. The quantitative estimate of drug-likeness (QED) is 0.773. The van der Waals surface area contributed by atoms with E-state index < -0.39 is 6.09 Å². The van der Waals surface area contributed by atoms with Crippen LogP contribution in [-0.2, 0) is 9.53 Å². The van der Waals surface area contributed by atoms with Crippen molar-refractivity contribution in [3.05, 3.63) is 0 Å². The zero-order chi connectivity index (χ0) is 13.7. The summed E-state index contributed by atoms with van der Waals surface area (Å²) in [5.41, 5.74) is 0.